The molecule has 4 heteroatoms. The summed E-state index contributed by atoms with van der Waals surface area (Å²) in [5.41, 5.74) is 0. The van der Waals surface area contributed by atoms with Crippen LogP contribution in [0, 0.1) is 0 Å². The van der Waals surface area contributed by atoms with Gasteiger partial charge in [0.25, 0.3) is 0 Å². The summed E-state index contributed by atoms with van der Waals surface area (Å²) in [6, 6.07) is 1.55. The fraction of sp³-hybridized carbons (Fsp3) is 1.00. The van der Waals surface area contributed by atoms with Gasteiger partial charge in [-0.1, -0.05) is 0 Å². The third-order valence-corrected chi connectivity index (χ3v) is 3.48. The van der Waals surface area contributed by atoms with Crippen molar-refractivity contribution < 1.29 is 10.2 Å². The van der Waals surface area contributed by atoms with Crippen LogP contribution in [0.4, 0.5) is 0 Å². The van der Waals surface area contributed by atoms with Crippen LogP contribution in [0.3, 0.4) is 0 Å². The van der Waals surface area contributed by atoms with Crippen LogP contribution in [-0.2, 0) is 0 Å². The first-order chi connectivity index (χ1) is 6.83. The molecule has 4 N–H and O–H groups in total. The van der Waals surface area contributed by atoms with Crippen molar-refractivity contribution in [2.75, 3.05) is 13.2 Å². The van der Waals surface area contributed by atoms with Crippen molar-refractivity contribution in [2.24, 2.45) is 0 Å². The summed E-state index contributed by atoms with van der Waals surface area (Å²) in [4.78, 5) is 0. The molecule has 2 heterocycles. The molecule has 82 valence electrons. The second-order valence-electron chi connectivity index (χ2n) is 4.46. The highest BCUT2D eigenvalue weighted by molar-refractivity contribution is 4.96. The summed E-state index contributed by atoms with van der Waals surface area (Å²) in [5.74, 6) is 0. The Morgan fingerprint density at radius 3 is 1.50 bits per heavy atom. The topological polar surface area (TPSA) is 64.5 Å². The molecular weight excluding hydrogens is 180 g/mol. The second-order valence-corrected chi connectivity index (χ2v) is 4.46. The smallest absolute Gasteiger partial charge is 0.0584 e. The van der Waals surface area contributed by atoms with Crippen LogP contribution in [0.5, 0.6) is 0 Å². The van der Waals surface area contributed by atoms with Gasteiger partial charge in [0.05, 0.1) is 13.2 Å². The SMILES string of the molecule is OCC1CCC(C2CCC(CO)N2)N1. The standard InChI is InChI=1S/C10H20N2O2/c13-5-7-1-3-9(11-7)10-4-2-8(6-14)12-10/h7-14H,1-6H2. The predicted octanol–water partition coefficient (Wildman–Crippen LogP) is -0.788. The number of hydrogen-bond donors (Lipinski definition) is 4. The van der Waals surface area contributed by atoms with Crippen LogP contribution in [0.1, 0.15) is 25.7 Å². The van der Waals surface area contributed by atoms with Crippen molar-refractivity contribution in [2.45, 2.75) is 49.9 Å². The van der Waals surface area contributed by atoms with Gasteiger partial charge >= 0.3 is 0 Å². The average molecular weight is 200 g/mol. The van der Waals surface area contributed by atoms with E-state index in [4.69, 9.17) is 10.2 Å². The Morgan fingerprint density at radius 2 is 1.21 bits per heavy atom. The maximum atomic E-state index is 9.00. The fourth-order valence-electron chi connectivity index (χ4n) is 2.62. The number of aliphatic hydroxyl groups is 2. The highest BCUT2D eigenvalue weighted by Gasteiger charge is 2.34. The molecule has 0 saturated carbocycles. The van der Waals surface area contributed by atoms with Gasteiger partial charge in [-0.05, 0) is 25.7 Å². The van der Waals surface area contributed by atoms with Gasteiger partial charge in [-0.3, -0.25) is 0 Å². The van der Waals surface area contributed by atoms with E-state index in [0.717, 1.165) is 25.7 Å². The molecule has 2 aliphatic rings. The Labute approximate surface area is 84.7 Å². The number of aliphatic hydroxyl groups excluding tert-OH is 2. The number of nitrogens with one attached hydrogen (secondary N) is 2. The van der Waals surface area contributed by atoms with Gasteiger partial charge in [-0.2, -0.15) is 0 Å². The Balaban J connectivity index is 1.80. The third kappa shape index (κ3) is 2.08. The molecule has 0 amide bonds. The number of rotatable bonds is 3. The van der Waals surface area contributed by atoms with Crippen LogP contribution in [0.2, 0.25) is 0 Å². The Kier molecular flexibility index (Phi) is 3.38. The predicted molar refractivity (Wildman–Crippen MR) is 54.1 cm³/mol. The summed E-state index contributed by atoms with van der Waals surface area (Å²) in [5, 5.41) is 24.9. The van der Waals surface area contributed by atoms with Crippen LogP contribution in [0.15, 0.2) is 0 Å². The molecule has 4 unspecified atom stereocenters. The first-order valence-corrected chi connectivity index (χ1v) is 5.57. The minimum Gasteiger partial charge on any atom is -0.395 e. The van der Waals surface area contributed by atoms with E-state index in [9.17, 15) is 0 Å². The van der Waals surface area contributed by atoms with Crippen molar-refractivity contribution in [3.63, 3.8) is 0 Å². The van der Waals surface area contributed by atoms with Crippen LogP contribution < -0.4 is 10.6 Å². The monoisotopic (exact) mass is 200 g/mol. The summed E-state index contributed by atoms with van der Waals surface area (Å²) in [6.07, 6.45) is 4.42. The largest absolute Gasteiger partial charge is 0.395 e. The first kappa shape index (κ1) is 10.4. The second kappa shape index (κ2) is 4.57. The molecule has 0 aromatic heterocycles. The highest BCUT2D eigenvalue weighted by Crippen LogP contribution is 2.22. The maximum absolute atomic E-state index is 9.00. The van der Waals surface area contributed by atoms with Gasteiger partial charge in [0.2, 0.25) is 0 Å². The summed E-state index contributed by atoms with van der Waals surface area (Å²) in [6.45, 7) is 0.485. The van der Waals surface area contributed by atoms with Gasteiger partial charge in [0.15, 0.2) is 0 Å². The molecule has 2 rings (SSSR count). The van der Waals surface area contributed by atoms with E-state index in [2.05, 4.69) is 10.6 Å². The van der Waals surface area contributed by atoms with Crippen LogP contribution in [-0.4, -0.2) is 47.6 Å². The first-order valence-electron chi connectivity index (χ1n) is 5.57. The lowest BCUT2D eigenvalue weighted by Crippen LogP contribution is -2.46. The van der Waals surface area contributed by atoms with Crippen molar-refractivity contribution in [1.29, 1.82) is 0 Å². The molecule has 0 spiro atoms. The highest BCUT2D eigenvalue weighted by atomic mass is 16.3. The quantitative estimate of drug-likeness (QED) is 0.482. The minimum absolute atomic E-state index is 0.243. The summed E-state index contributed by atoms with van der Waals surface area (Å²) >= 11 is 0. The van der Waals surface area contributed by atoms with Crippen molar-refractivity contribution >= 4 is 0 Å². The molecule has 4 atom stereocenters. The maximum Gasteiger partial charge on any atom is 0.0584 e. The molecule has 14 heavy (non-hydrogen) atoms. The van der Waals surface area contributed by atoms with E-state index in [-0.39, 0.29) is 25.3 Å². The van der Waals surface area contributed by atoms with E-state index in [1.165, 1.54) is 0 Å². The van der Waals surface area contributed by atoms with Gasteiger partial charge in [0, 0.05) is 24.2 Å². The van der Waals surface area contributed by atoms with Gasteiger partial charge in [-0.25, -0.2) is 0 Å². The Hall–Kier alpha value is -0.160. The molecule has 0 bridgehead atoms. The lowest BCUT2D eigenvalue weighted by Gasteiger charge is -2.21. The molecule has 0 aliphatic carbocycles. The van der Waals surface area contributed by atoms with E-state index in [1.807, 2.05) is 0 Å². The summed E-state index contributed by atoms with van der Waals surface area (Å²) in [7, 11) is 0. The molecule has 2 aliphatic heterocycles. The van der Waals surface area contributed by atoms with E-state index < -0.39 is 0 Å². The zero-order valence-electron chi connectivity index (χ0n) is 8.45. The number of hydrogen-bond acceptors (Lipinski definition) is 4. The van der Waals surface area contributed by atoms with Gasteiger partial charge in [0.1, 0.15) is 0 Å². The molecular formula is C10H20N2O2. The van der Waals surface area contributed by atoms with E-state index >= 15 is 0 Å². The van der Waals surface area contributed by atoms with Crippen molar-refractivity contribution in [3.8, 4) is 0 Å². The Bertz CT molecular complexity index is 169. The minimum atomic E-state index is 0.243. The molecule has 4 nitrogen and oxygen atoms in total. The Morgan fingerprint density at radius 1 is 0.786 bits per heavy atom. The lowest BCUT2D eigenvalue weighted by atomic mass is 10.0. The third-order valence-electron chi connectivity index (χ3n) is 3.48. The zero-order valence-corrected chi connectivity index (χ0v) is 8.45. The fourth-order valence-corrected chi connectivity index (χ4v) is 2.62. The zero-order chi connectivity index (χ0) is 9.97. The molecule has 0 radical (unpaired) electrons. The van der Waals surface area contributed by atoms with Gasteiger partial charge < -0.3 is 20.8 Å². The molecule has 2 saturated heterocycles. The van der Waals surface area contributed by atoms with Crippen LogP contribution >= 0.6 is 0 Å². The normalized spacial score (nSPS) is 43.3. The molecule has 0 aromatic rings. The average Bonchev–Trinajstić information content (AvgIpc) is 2.86. The van der Waals surface area contributed by atoms with Crippen molar-refractivity contribution in [1.82, 2.24) is 10.6 Å². The van der Waals surface area contributed by atoms with Crippen molar-refractivity contribution in [3.05, 3.63) is 0 Å². The lowest BCUT2D eigenvalue weighted by molar-refractivity contribution is 0.240. The van der Waals surface area contributed by atoms with E-state index in [0.29, 0.717) is 12.1 Å². The summed E-state index contributed by atoms with van der Waals surface area (Å²) < 4.78 is 0. The van der Waals surface area contributed by atoms with Crippen LogP contribution in [0.25, 0.3) is 0 Å². The molecule has 0 aromatic carbocycles. The van der Waals surface area contributed by atoms with Gasteiger partial charge in [-0.15, -0.1) is 0 Å². The van der Waals surface area contributed by atoms with E-state index in [1.54, 1.807) is 0 Å². The molecule has 2 fully saturated rings.